The van der Waals surface area contributed by atoms with Gasteiger partial charge in [0, 0.05) is 120 Å². The van der Waals surface area contributed by atoms with Crippen LogP contribution in [0.1, 0.15) is 57.7 Å². The standard InChI is InChI=1S/C46H58F2N4O8S/c1-8-43-13-9-15-52-17-14-44(38(43)52)32-20-33(36(58-5)21-35(32)50(4)39(44)46(56,25-53)40(43)60-26(2)54)45(41(55)59-6)22-27-18-28(42(3,47)48)24-51(23-27)16-12-30-31-19-29(61(7)57)10-11-34(31)49-37(30)45/h9-11,13,19-21,25,27-28,33,36,38-40,49,56H,8,12,14-18,22-24H2,1-7H3/t27-,28?,33?,36?,38+,39-,40-,43-,44-,45+,46+,61?/m1/s1. The molecule has 7 aliphatic rings. The first-order valence-electron chi connectivity index (χ1n) is 21.6. The molecule has 2 N–H and O–H groups in total. The summed E-state index contributed by atoms with van der Waals surface area (Å²) < 4.78 is 62.1. The summed E-state index contributed by atoms with van der Waals surface area (Å²) in [6.45, 7) is 6.78. The van der Waals surface area contributed by atoms with Crippen LogP contribution in [0.4, 0.5) is 8.78 Å². The molecule has 61 heavy (non-hydrogen) atoms. The number of aromatic amines is 1. The molecule has 13 atom stereocenters. The van der Waals surface area contributed by atoms with Crippen LogP contribution in [0.3, 0.4) is 0 Å². The minimum Gasteiger partial charge on any atom is -0.468 e. The summed E-state index contributed by atoms with van der Waals surface area (Å²) in [7, 11) is 3.51. The second kappa shape index (κ2) is 14.6. The number of fused-ring (bicyclic) bond motifs is 6. The van der Waals surface area contributed by atoms with Gasteiger partial charge in [-0.05, 0) is 86.9 Å². The molecule has 1 aromatic heterocycles. The molecule has 4 fully saturated rings. The molecule has 5 unspecified atom stereocenters. The number of H-pyrrole nitrogens is 1. The number of aldehydes is 1. The zero-order valence-electron chi connectivity index (χ0n) is 36.0. The van der Waals surface area contributed by atoms with E-state index in [1.165, 1.54) is 14.0 Å². The van der Waals surface area contributed by atoms with Gasteiger partial charge in [-0.1, -0.05) is 25.2 Å². The predicted molar refractivity (Wildman–Crippen MR) is 224 cm³/mol. The van der Waals surface area contributed by atoms with Crippen molar-refractivity contribution in [2.45, 2.75) is 99.0 Å². The number of allylic oxidation sites excluding steroid dienone is 1. The third-order valence-electron chi connectivity index (χ3n) is 16.1. The van der Waals surface area contributed by atoms with E-state index in [1.54, 1.807) is 13.4 Å². The Balaban J connectivity index is 1.32. The maximum absolute atomic E-state index is 15.4. The van der Waals surface area contributed by atoms with Crippen molar-refractivity contribution in [3.8, 4) is 0 Å². The minimum atomic E-state index is -2.95. The number of alkyl halides is 2. The Bertz CT molecular complexity index is 2290. The lowest BCUT2D eigenvalue weighted by molar-refractivity contribution is -0.226. The molecular weight excluding hydrogens is 807 g/mol. The van der Waals surface area contributed by atoms with E-state index < -0.39 is 80.6 Å². The van der Waals surface area contributed by atoms with E-state index in [2.05, 4.69) is 20.9 Å². The molecular formula is C46H58F2N4O8S. The average molecular weight is 865 g/mol. The molecule has 6 heterocycles. The molecule has 2 aliphatic carbocycles. The Morgan fingerprint density at radius 1 is 1.15 bits per heavy atom. The lowest BCUT2D eigenvalue weighted by Crippen LogP contribution is -2.78. The monoisotopic (exact) mass is 864 g/mol. The maximum Gasteiger partial charge on any atom is 0.318 e. The predicted octanol–water partition coefficient (Wildman–Crippen LogP) is 4.53. The number of rotatable bonds is 8. The number of nitrogens with one attached hydrogen (secondary N) is 1. The van der Waals surface area contributed by atoms with Gasteiger partial charge in [0.05, 0.1) is 19.3 Å². The smallest absolute Gasteiger partial charge is 0.318 e. The SMILES string of the molecule is CC[C@]12C=CCN3CC[C@@]4(C5=CC([C@@]6(C(=O)OC)C[C@H]7CC(C(C)(F)F)CN(CCc8c6[nH]c6ccc(S(C)=O)cc86)C7)C(OC)C=C5N(C)[C@H]4[C@@](O)(C=O)[C@@H]1OC(C)=O)[C@@H]32. The Hall–Kier alpha value is -3.76. The van der Waals surface area contributed by atoms with Gasteiger partial charge in [0.25, 0.3) is 0 Å². The molecule has 9 rings (SSSR count). The number of ether oxygens (including phenoxy) is 3. The third-order valence-corrected chi connectivity index (χ3v) is 17.0. The first kappa shape index (κ1) is 42.5. The van der Waals surface area contributed by atoms with Crippen LogP contribution in [-0.2, 0) is 51.2 Å². The summed E-state index contributed by atoms with van der Waals surface area (Å²) in [5, 5.41) is 13.8. The Morgan fingerprint density at radius 3 is 2.57 bits per heavy atom. The number of methoxy groups -OCH3 is 2. The van der Waals surface area contributed by atoms with Gasteiger partial charge in [0.2, 0.25) is 5.92 Å². The highest BCUT2D eigenvalue weighted by molar-refractivity contribution is 7.84. The number of halogens is 2. The van der Waals surface area contributed by atoms with Gasteiger partial charge < -0.3 is 34.1 Å². The Labute approximate surface area is 358 Å². The van der Waals surface area contributed by atoms with Gasteiger partial charge in [-0.25, -0.2) is 8.78 Å². The van der Waals surface area contributed by atoms with Crippen molar-refractivity contribution in [3.63, 3.8) is 0 Å². The fraction of sp³-hybridized carbons (Fsp3) is 0.630. The van der Waals surface area contributed by atoms with E-state index in [9.17, 15) is 18.9 Å². The molecule has 1 aromatic carbocycles. The van der Waals surface area contributed by atoms with Crippen LogP contribution in [0, 0.1) is 28.6 Å². The number of aromatic nitrogens is 1. The molecule has 1 spiro atoms. The summed E-state index contributed by atoms with van der Waals surface area (Å²) in [5.41, 5.74) is -1.65. The van der Waals surface area contributed by atoms with Crippen molar-refractivity contribution in [1.82, 2.24) is 19.7 Å². The van der Waals surface area contributed by atoms with Gasteiger partial charge in [-0.15, -0.1) is 0 Å². The van der Waals surface area contributed by atoms with Crippen molar-refractivity contribution in [2.75, 3.05) is 60.2 Å². The van der Waals surface area contributed by atoms with Crippen molar-refractivity contribution < 1.29 is 46.7 Å². The van der Waals surface area contributed by atoms with Gasteiger partial charge in [0.1, 0.15) is 11.5 Å². The lowest BCUT2D eigenvalue weighted by atomic mass is 9.47. The number of esters is 2. The number of carbonyl (C=O) groups is 3. The Kier molecular flexibility index (Phi) is 10.2. The van der Waals surface area contributed by atoms with E-state index in [-0.39, 0.29) is 31.3 Å². The molecule has 330 valence electrons. The summed E-state index contributed by atoms with van der Waals surface area (Å²) in [4.78, 5) is 52.6. The maximum atomic E-state index is 15.4. The number of piperidine rings is 1. The van der Waals surface area contributed by atoms with Crippen LogP contribution in [0.15, 0.2) is 58.7 Å². The number of nitrogens with zero attached hydrogens (tertiary/aromatic N) is 3. The number of hydrogen-bond donors (Lipinski definition) is 2. The highest BCUT2D eigenvalue weighted by atomic mass is 32.2. The zero-order chi connectivity index (χ0) is 43.6. The van der Waals surface area contributed by atoms with Crippen LogP contribution >= 0.6 is 0 Å². The van der Waals surface area contributed by atoms with Gasteiger partial charge in [0.15, 0.2) is 11.9 Å². The summed E-state index contributed by atoms with van der Waals surface area (Å²) in [6, 6.07) is 4.44. The molecule has 12 nitrogen and oxygen atoms in total. The number of hydrogen-bond acceptors (Lipinski definition) is 11. The summed E-state index contributed by atoms with van der Waals surface area (Å²) in [6.07, 6.45) is 10.3. The normalized spacial score (nSPS) is 39.7. The quantitative estimate of drug-likeness (QED) is 0.220. The van der Waals surface area contributed by atoms with E-state index >= 15 is 13.6 Å². The number of likely N-dealkylation sites (N-methyl/N-ethyl adjacent to an activating group) is 1. The van der Waals surface area contributed by atoms with E-state index in [4.69, 9.17) is 14.2 Å². The first-order valence-corrected chi connectivity index (χ1v) is 23.2. The molecule has 2 aromatic rings. The summed E-state index contributed by atoms with van der Waals surface area (Å²) in [5.74, 6) is -6.10. The topological polar surface area (TPSA) is 142 Å². The van der Waals surface area contributed by atoms with Crippen LogP contribution < -0.4 is 0 Å². The zero-order valence-corrected chi connectivity index (χ0v) is 36.9. The lowest BCUT2D eigenvalue weighted by Gasteiger charge is -2.63. The molecule has 0 radical (unpaired) electrons. The van der Waals surface area contributed by atoms with Crippen molar-refractivity contribution >= 4 is 39.9 Å². The second-order valence-electron chi connectivity index (χ2n) is 19.0. The second-order valence-corrected chi connectivity index (χ2v) is 20.4. The molecule has 3 saturated heterocycles. The molecule has 0 amide bonds. The average Bonchev–Trinajstić information content (AvgIpc) is 3.89. The van der Waals surface area contributed by atoms with Crippen LogP contribution in [-0.4, -0.2) is 143 Å². The highest BCUT2D eigenvalue weighted by Crippen LogP contribution is 2.70. The van der Waals surface area contributed by atoms with Gasteiger partial charge in [-0.3, -0.25) is 23.5 Å². The minimum absolute atomic E-state index is 0.170. The number of likely N-dealkylation sites (tertiary alicyclic amines) is 1. The molecule has 2 bridgehead atoms. The number of benzene rings is 1. The van der Waals surface area contributed by atoms with Crippen molar-refractivity contribution in [1.29, 1.82) is 0 Å². The van der Waals surface area contributed by atoms with E-state index in [0.29, 0.717) is 62.3 Å². The van der Waals surface area contributed by atoms with Crippen molar-refractivity contribution in [3.05, 3.63) is 65.0 Å². The number of aliphatic hydroxyl groups is 1. The largest absolute Gasteiger partial charge is 0.468 e. The third kappa shape index (κ3) is 5.85. The number of carbonyl (C=O) groups excluding carboxylic acids is 3. The Morgan fingerprint density at radius 2 is 1.92 bits per heavy atom. The molecule has 5 aliphatic heterocycles. The van der Waals surface area contributed by atoms with Gasteiger partial charge >= 0.3 is 11.9 Å². The molecule has 1 saturated carbocycles. The van der Waals surface area contributed by atoms with E-state index in [0.717, 1.165) is 34.7 Å². The van der Waals surface area contributed by atoms with Crippen LogP contribution in [0.5, 0.6) is 0 Å². The highest BCUT2D eigenvalue weighted by Gasteiger charge is 2.79. The van der Waals surface area contributed by atoms with Crippen LogP contribution in [0.2, 0.25) is 0 Å². The van der Waals surface area contributed by atoms with E-state index in [1.807, 2.05) is 55.3 Å². The molecule has 15 heteroatoms. The fourth-order valence-electron chi connectivity index (χ4n) is 13.9. The fourth-order valence-corrected chi connectivity index (χ4v) is 14.4. The van der Waals surface area contributed by atoms with Crippen LogP contribution in [0.25, 0.3) is 10.9 Å². The van der Waals surface area contributed by atoms with Gasteiger partial charge in [-0.2, -0.15) is 0 Å². The van der Waals surface area contributed by atoms with Crippen molar-refractivity contribution in [2.24, 2.45) is 28.6 Å². The first-order chi connectivity index (χ1) is 28.9. The summed E-state index contributed by atoms with van der Waals surface area (Å²) >= 11 is 0.